The van der Waals surface area contributed by atoms with Crippen LogP contribution in [0.5, 0.6) is 0 Å². The van der Waals surface area contributed by atoms with Crippen molar-refractivity contribution in [1.82, 2.24) is 0 Å². The summed E-state index contributed by atoms with van der Waals surface area (Å²) in [6.45, 7) is 0.180. The molecule has 0 aliphatic carbocycles. The third kappa shape index (κ3) is 3.46. The van der Waals surface area contributed by atoms with Gasteiger partial charge in [-0.3, -0.25) is 0 Å². The van der Waals surface area contributed by atoms with Crippen LogP contribution in [0.2, 0.25) is 0 Å². The van der Waals surface area contributed by atoms with E-state index < -0.39 is 0 Å². The molecule has 0 aliphatic rings. The molecule has 0 aromatic heterocycles. The number of aliphatic hydroxyl groups is 2. The molecule has 0 amide bonds. The van der Waals surface area contributed by atoms with E-state index >= 15 is 0 Å². The number of anilines is 1. The van der Waals surface area contributed by atoms with Crippen molar-refractivity contribution in [3.05, 3.63) is 28.2 Å². The normalized spacial score (nSPS) is 10.7. The lowest BCUT2D eigenvalue weighted by Crippen LogP contribution is -2.28. The van der Waals surface area contributed by atoms with E-state index in [4.69, 9.17) is 15.9 Å². The Morgan fingerprint density at radius 1 is 1.33 bits per heavy atom. The van der Waals surface area contributed by atoms with Gasteiger partial charge in [0.1, 0.15) is 0 Å². The molecule has 0 radical (unpaired) electrons. The molecule has 4 nitrogen and oxygen atoms in total. The fourth-order valence-electron chi connectivity index (χ4n) is 1.23. The van der Waals surface area contributed by atoms with Gasteiger partial charge in [0.15, 0.2) is 0 Å². The minimum atomic E-state index is -0.357. The zero-order valence-corrected chi connectivity index (χ0v) is 9.87. The summed E-state index contributed by atoms with van der Waals surface area (Å²) in [4.78, 5) is 0. The Hall–Kier alpha value is -0.620. The quantitative estimate of drug-likeness (QED) is 0.637. The van der Waals surface area contributed by atoms with Crippen molar-refractivity contribution in [3.63, 3.8) is 0 Å². The summed E-state index contributed by atoms with van der Waals surface area (Å²) in [6, 6.07) is 5.32. The minimum Gasteiger partial charge on any atom is -0.394 e. The van der Waals surface area contributed by atoms with Crippen LogP contribution in [-0.2, 0) is 6.54 Å². The van der Waals surface area contributed by atoms with E-state index in [2.05, 4.69) is 21.2 Å². The molecule has 0 atom stereocenters. The summed E-state index contributed by atoms with van der Waals surface area (Å²) in [7, 11) is 0. The van der Waals surface area contributed by atoms with Crippen LogP contribution in [0.15, 0.2) is 22.7 Å². The van der Waals surface area contributed by atoms with Gasteiger partial charge < -0.3 is 21.3 Å². The summed E-state index contributed by atoms with van der Waals surface area (Å²) < 4.78 is 0.928. The molecule has 0 heterocycles. The molecular formula is C10H15BrN2O2. The highest BCUT2D eigenvalue weighted by atomic mass is 79.9. The number of hydrogen-bond donors (Lipinski definition) is 4. The van der Waals surface area contributed by atoms with Crippen LogP contribution in [0.25, 0.3) is 0 Å². The van der Waals surface area contributed by atoms with E-state index in [1.165, 1.54) is 0 Å². The van der Waals surface area contributed by atoms with Gasteiger partial charge in [0.05, 0.1) is 19.3 Å². The van der Waals surface area contributed by atoms with Crippen molar-refractivity contribution < 1.29 is 10.2 Å². The average Bonchev–Trinajstić information content (AvgIpc) is 2.26. The summed E-state index contributed by atoms with van der Waals surface area (Å²) in [5, 5.41) is 20.9. The minimum absolute atomic E-state index is 0.118. The van der Waals surface area contributed by atoms with Crippen LogP contribution in [0, 0.1) is 0 Å². The van der Waals surface area contributed by atoms with Gasteiger partial charge in [-0.2, -0.15) is 0 Å². The van der Waals surface area contributed by atoms with Gasteiger partial charge in [0.2, 0.25) is 0 Å². The average molecular weight is 275 g/mol. The number of nitrogens with two attached hydrogens (primary N) is 1. The van der Waals surface area contributed by atoms with Gasteiger partial charge in [0.25, 0.3) is 0 Å². The van der Waals surface area contributed by atoms with Crippen molar-refractivity contribution in [1.29, 1.82) is 0 Å². The van der Waals surface area contributed by atoms with Crippen molar-refractivity contribution in [3.8, 4) is 0 Å². The Labute approximate surface area is 97.2 Å². The smallest absolute Gasteiger partial charge is 0.0723 e. The maximum Gasteiger partial charge on any atom is 0.0723 e. The molecule has 1 rings (SSSR count). The molecule has 0 aliphatic heterocycles. The molecule has 5 heteroatoms. The highest BCUT2D eigenvalue weighted by molar-refractivity contribution is 9.10. The predicted molar refractivity (Wildman–Crippen MR) is 63.6 cm³/mol. The zero-order valence-electron chi connectivity index (χ0n) is 8.28. The van der Waals surface area contributed by atoms with Crippen molar-refractivity contribution >= 4 is 21.6 Å². The summed E-state index contributed by atoms with van der Waals surface area (Å²) in [5.74, 6) is 0. The molecule has 0 bridgehead atoms. The second-order valence-corrected chi connectivity index (χ2v) is 4.13. The van der Waals surface area contributed by atoms with E-state index in [0.717, 1.165) is 15.7 Å². The summed E-state index contributed by atoms with van der Waals surface area (Å²) in [5.41, 5.74) is 7.36. The van der Waals surface area contributed by atoms with E-state index in [9.17, 15) is 0 Å². The van der Waals surface area contributed by atoms with Gasteiger partial charge in [-0.15, -0.1) is 0 Å². The number of aliphatic hydroxyl groups excluding tert-OH is 2. The third-order valence-corrected chi connectivity index (χ3v) is 2.59. The molecule has 5 N–H and O–H groups in total. The van der Waals surface area contributed by atoms with Crippen molar-refractivity contribution in [2.75, 3.05) is 18.5 Å². The molecular weight excluding hydrogens is 260 g/mol. The molecule has 0 spiro atoms. The molecule has 1 aromatic rings. The molecule has 0 fully saturated rings. The van der Waals surface area contributed by atoms with E-state index in [1.54, 1.807) is 0 Å². The van der Waals surface area contributed by atoms with E-state index in [0.29, 0.717) is 6.54 Å². The lowest BCUT2D eigenvalue weighted by Gasteiger charge is -2.17. The van der Waals surface area contributed by atoms with Gasteiger partial charge >= 0.3 is 0 Å². The Morgan fingerprint density at radius 3 is 2.53 bits per heavy atom. The molecule has 0 saturated carbocycles. The Balaban J connectivity index is 2.86. The number of benzene rings is 1. The second kappa shape index (κ2) is 6.07. The van der Waals surface area contributed by atoms with Crippen LogP contribution in [-0.4, -0.2) is 29.5 Å². The fraction of sp³-hybridized carbons (Fsp3) is 0.400. The first-order valence-corrected chi connectivity index (χ1v) is 5.47. The van der Waals surface area contributed by atoms with Gasteiger partial charge in [-0.1, -0.05) is 22.0 Å². The van der Waals surface area contributed by atoms with E-state index in [-0.39, 0.29) is 19.3 Å². The van der Waals surface area contributed by atoms with Crippen LogP contribution < -0.4 is 11.1 Å². The SMILES string of the molecule is NCc1ccc(Br)cc1NC(CO)CO. The summed E-state index contributed by atoms with van der Waals surface area (Å²) in [6.07, 6.45) is 0. The highest BCUT2D eigenvalue weighted by Gasteiger charge is 2.08. The molecule has 0 saturated heterocycles. The topological polar surface area (TPSA) is 78.5 Å². The Bertz CT molecular complexity index is 316. The maximum atomic E-state index is 8.95. The number of hydrogen-bond acceptors (Lipinski definition) is 4. The Kier molecular flexibility index (Phi) is 5.04. The number of nitrogens with one attached hydrogen (secondary N) is 1. The van der Waals surface area contributed by atoms with Gasteiger partial charge in [-0.05, 0) is 17.7 Å². The molecule has 0 unspecified atom stereocenters. The third-order valence-electron chi connectivity index (χ3n) is 2.09. The number of rotatable bonds is 5. The van der Waals surface area contributed by atoms with Gasteiger partial charge in [0, 0.05) is 16.7 Å². The fourth-order valence-corrected chi connectivity index (χ4v) is 1.59. The zero-order chi connectivity index (χ0) is 11.3. The molecule has 1 aromatic carbocycles. The van der Waals surface area contributed by atoms with Crippen molar-refractivity contribution in [2.45, 2.75) is 12.6 Å². The second-order valence-electron chi connectivity index (χ2n) is 3.21. The van der Waals surface area contributed by atoms with Crippen LogP contribution in [0.1, 0.15) is 5.56 Å². The lowest BCUT2D eigenvalue weighted by molar-refractivity contribution is 0.204. The predicted octanol–water partition coefficient (Wildman–Crippen LogP) is 0.673. The molecule has 84 valence electrons. The first-order valence-electron chi connectivity index (χ1n) is 4.68. The largest absolute Gasteiger partial charge is 0.394 e. The highest BCUT2D eigenvalue weighted by Crippen LogP contribution is 2.21. The van der Waals surface area contributed by atoms with Gasteiger partial charge in [-0.25, -0.2) is 0 Å². The van der Waals surface area contributed by atoms with Crippen LogP contribution >= 0.6 is 15.9 Å². The number of halogens is 1. The first-order chi connectivity index (χ1) is 7.21. The maximum absolute atomic E-state index is 8.95. The molecule has 15 heavy (non-hydrogen) atoms. The lowest BCUT2D eigenvalue weighted by atomic mass is 10.1. The Morgan fingerprint density at radius 2 is 2.00 bits per heavy atom. The van der Waals surface area contributed by atoms with Crippen LogP contribution in [0.3, 0.4) is 0 Å². The van der Waals surface area contributed by atoms with Crippen LogP contribution in [0.4, 0.5) is 5.69 Å². The van der Waals surface area contributed by atoms with E-state index in [1.807, 2.05) is 18.2 Å². The van der Waals surface area contributed by atoms with Crippen molar-refractivity contribution in [2.24, 2.45) is 5.73 Å². The first kappa shape index (κ1) is 12.4. The monoisotopic (exact) mass is 274 g/mol. The summed E-state index contributed by atoms with van der Waals surface area (Å²) >= 11 is 3.35. The standard InChI is InChI=1S/C10H15BrN2O2/c11-8-2-1-7(4-12)10(3-8)13-9(5-14)6-15/h1-3,9,13-15H,4-6,12H2.